The number of oxime groups is 1. The van der Waals surface area contributed by atoms with Crippen molar-refractivity contribution >= 4 is 11.7 Å². The molecular weight excluding hydrogens is 206 g/mol. The van der Waals surface area contributed by atoms with Gasteiger partial charge >= 0.3 is 0 Å². The zero-order valence-electron chi connectivity index (χ0n) is 9.41. The number of hydrogen-bond donors (Lipinski definition) is 3. The molecule has 0 aromatic carbocycles. The average Bonchev–Trinajstić information content (AvgIpc) is 2.63. The highest BCUT2D eigenvalue weighted by atomic mass is 16.4. The van der Waals surface area contributed by atoms with Crippen LogP contribution in [0.3, 0.4) is 0 Å². The van der Waals surface area contributed by atoms with Crippen molar-refractivity contribution in [2.45, 2.75) is 50.5 Å². The van der Waals surface area contributed by atoms with E-state index in [1.807, 2.05) is 0 Å². The van der Waals surface area contributed by atoms with Crippen LogP contribution in [0.15, 0.2) is 5.16 Å². The largest absolute Gasteiger partial charge is 0.409 e. The molecule has 0 spiro atoms. The first kappa shape index (κ1) is 11.2. The predicted molar refractivity (Wildman–Crippen MR) is 60.1 cm³/mol. The van der Waals surface area contributed by atoms with Crippen molar-refractivity contribution in [1.82, 2.24) is 5.32 Å². The van der Waals surface area contributed by atoms with Crippen molar-refractivity contribution < 1.29 is 10.0 Å². The molecule has 2 saturated carbocycles. The Morgan fingerprint density at radius 1 is 1.31 bits per heavy atom. The van der Waals surface area contributed by atoms with E-state index in [4.69, 9.17) is 10.9 Å². The minimum Gasteiger partial charge on any atom is -0.409 e. The second kappa shape index (κ2) is 4.31. The molecule has 5 heteroatoms. The normalized spacial score (nSPS) is 25.1. The van der Waals surface area contributed by atoms with E-state index < -0.39 is 5.54 Å². The highest BCUT2D eigenvalue weighted by molar-refractivity contribution is 5.94. The maximum absolute atomic E-state index is 11.9. The maximum Gasteiger partial charge on any atom is 0.223 e. The van der Waals surface area contributed by atoms with E-state index in [-0.39, 0.29) is 17.7 Å². The van der Waals surface area contributed by atoms with Gasteiger partial charge in [0.1, 0.15) is 5.54 Å². The molecule has 0 radical (unpaired) electrons. The molecule has 90 valence electrons. The molecule has 16 heavy (non-hydrogen) atoms. The highest BCUT2D eigenvalue weighted by Crippen LogP contribution is 2.32. The quantitative estimate of drug-likeness (QED) is 0.289. The van der Waals surface area contributed by atoms with Crippen LogP contribution in [0, 0.1) is 5.92 Å². The topological polar surface area (TPSA) is 87.7 Å². The van der Waals surface area contributed by atoms with Crippen molar-refractivity contribution in [3.8, 4) is 0 Å². The van der Waals surface area contributed by atoms with Crippen LogP contribution in [-0.2, 0) is 4.79 Å². The zero-order valence-corrected chi connectivity index (χ0v) is 9.41. The molecule has 0 atom stereocenters. The standard InChI is InChI=1S/C11H19N3O2/c12-10(14-16)11(6-1-2-7-11)13-9(15)8-4-3-5-8/h8,16H,1-7H2,(H2,12,14)(H,13,15). The summed E-state index contributed by atoms with van der Waals surface area (Å²) in [5.41, 5.74) is 5.12. The van der Waals surface area contributed by atoms with Crippen molar-refractivity contribution in [2.75, 3.05) is 0 Å². The van der Waals surface area contributed by atoms with Crippen LogP contribution < -0.4 is 11.1 Å². The number of carbonyl (C=O) groups is 1. The minimum absolute atomic E-state index is 0.0692. The van der Waals surface area contributed by atoms with E-state index >= 15 is 0 Å². The molecule has 2 rings (SSSR count). The Kier molecular flexibility index (Phi) is 3.03. The molecule has 0 bridgehead atoms. The number of amidine groups is 1. The number of nitrogens with zero attached hydrogens (tertiary/aromatic N) is 1. The Hall–Kier alpha value is -1.26. The van der Waals surface area contributed by atoms with Gasteiger partial charge in [-0.05, 0) is 25.7 Å². The number of nitrogens with two attached hydrogens (primary N) is 1. The third-order valence-corrected chi connectivity index (χ3v) is 3.89. The number of amides is 1. The predicted octanol–water partition coefficient (Wildman–Crippen LogP) is 0.962. The van der Waals surface area contributed by atoms with Crippen LogP contribution in [0.25, 0.3) is 0 Å². The molecule has 4 N–H and O–H groups in total. The monoisotopic (exact) mass is 225 g/mol. The van der Waals surface area contributed by atoms with Gasteiger partial charge in [0.05, 0.1) is 0 Å². The van der Waals surface area contributed by atoms with E-state index in [9.17, 15) is 4.79 Å². The van der Waals surface area contributed by atoms with Gasteiger partial charge in [0.25, 0.3) is 0 Å². The first-order valence-electron chi connectivity index (χ1n) is 5.98. The molecule has 0 aromatic rings. The summed E-state index contributed by atoms with van der Waals surface area (Å²) in [5.74, 6) is 0.362. The molecule has 0 unspecified atom stereocenters. The summed E-state index contributed by atoms with van der Waals surface area (Å²) in [7, 11) is 0. The molecular formula is C11H19N3O2. The van der Waals surface area contributed by atoms with Gasteiger partial charge < -0.3 is 16.3 Å². The summed E-state index contributed by atoms with van der Waals surface area (Å²) in [6.45, 7) is 0. The third-order valence-electron chi connectivity index (χ3n) is 3.89. The lowest BCUT2D eigenvalue weighted by atomic mass is 9.83. The summed E-state index contributed by atoms with van der Waals surface area (Å²) in [6, 6.07) is 0. The number of nitrogens with one attached hydrogen (secondary N) is 1. The van der Waals surface area contributed by atoms with E-state index in [1.54, 1.807) is 0 Å². The Morgan fingerprint density at radius 2 is 1.94 bits per heavy atom. The van der Waals surface area contributed by atoms with Gasteiger partial charge in [-0.25, -0.2) is 0 Å². The van der Waals surface area contributed by atoms with Gasteiger partial charge in [0.15, 0.2) is 5.84 Å². The highest BCUT2D eigenvalue weighted by Gasteiger charge is 2.41. The van der Waals surface area contributed by atoms with E-state index in [1.165, 1.54) is 0 Å². The molecule has 1 amide bonds. The molecule has 2 fully saturated rings. The van der Waals surface area contributed by atoms with Crippen molar-refractivity contribution in [3.05, 3.63) is 0 Å². The number of carbonyl (C=O) groups excluding carboxylic acids is 1. The fourth-order valence-corrected chi connectivity index (χ4v) is 2.53. The Labute approximate surface area is 95.1 Å². The first-order chi connectivity index (χ1) is 7.68. The number of rotatable bonds is 3. The summed E-state index contributed by atoms with van der Waals surface area (Å²) in [6.07, 6.45) is 6.66. The first-order valence-corrected chi connectivity index (χ1v) is 5.98. The summed E-state index contributed by atoms with van der Waals surface area (Å²) < 4.78 is 0. The fourth-order valence-electron chi connectivity index (χ4n) is 2.53. The van der Waals surface area contributed by atoms with Crippen molar-refractivity contribution in [2.24, 2.45) is 16.8 Å². The Bertz CT molecular complexity index is 304. The molecule has 2 aliphatic carbocycles. The molecule has 0 heterocycles. The van der Waals surface area contributed by atoms with E-state index in [0.717, 1.165) is 44.9 Å². The molecule has 0 aliphatic heterocycles. The molecule has 5 nitrogen and oxygen atoms in total. The molecule has 0 saturated heterocycles. The minimum atomic E-state index is -0.582. The molecule has 2 aliphatic rings. The van der Waals surface area contributed by atoms with Crippen molar-refractivity contribution in [3.63, 3.8) is 0 Å². The Morgan fingerprint density at radius 3 is 2.38 bits per heavy atom. The third kappa shape index (κ3) is 1.86. The fraction of sp³-hybridized carbons (Fsp3) is 0.818. The lowest BCUT2D eigenvalue weighted by Crippen LogP contribution is -2.57. The summed E-state index contributed by atoms with van der Waals surface area (Å²) >= 11 is 0. The van der Waals surface area contributed by atoms with Gasteiger partial charge in [-0.3, -0.25) is 4.79 Å². The van der Waals surface area contributed by atoms with Gasteiger partial charge in [-0.1, -0.05) is 24.4 Å². The van der Waals surface area contributed by atoms with Crippen LogP contribution in [0.5, 0.6) is 0 Å². The summed E-state index contributed by atoms with van der Waals surface area (Å²) in [5, 5.41) is 14.9. The maximum atomic E-state index is 11.9. The second-order valence-electron chi connectivity index (χ2n) is 4.89. The smallest absolute Gasteiger partial charge is 0.223 e. The van der Waals surface area contributed by atoms with Crippen LogP contribution in [0.2, 0.25) is 0 Å². The average molecular weight is 225 g/mol. The van der Waals surface area contributed by atoms with E-state index in [0.29, 0.717) is 0 Å². The van der Waals surface area contributed by atoms with Crippen LogP contribution in [0.4, 0.5) is 0 Å². The van der Waals surface area contributed by atoms with Crippen molar-refractivity contribution in [1.29, 1.82) is 0 Å². The van der Waals surface area contributed by atoms with Gasteiger partial charge in [-0.15, -0.1) is 0 Å². The zero-order chi connectivity index (χ0) is 11.6. The lowest BCUT2D eigenvalue weighted by molar-refractivity contribution is -0.128. The lowest BCUT2D eigenvalue weighted by Gasteiger charge is -2.33. The van der Waals surface area contributed by atoms with Gasteiger partial charge in [0.2, 0.25) is 5.91 Å². The number of hydrogen-bond acceptors (Lipinski definition) is 3. The van der Waals surface area contributed by atoms with Crippen LogP contribution in [-0.4, -0.2) is 22.5 Å². The Balaban J connectivity index is 2.05. The van der Waals surface area contributed by atoms with Gasteiger partial charge in [-0.2, -0.15) is 0 Å². The SMILES string of the molecule is N/C(=N/O)C1(NC(=O)C2CCC2)CCCC1. The van der Waals surface area contributed by atoms with Gasteiger partial charge in [0, 0.05) is 5.92 Å². The molecule has 0 aromatic heterocycles. The van der Waals surface area contributed by atoms with Crippen LogP contribution >= 0.6 is 0 Å². The summed E-state index contributed by atoms with van der Waals surface area (Å²) in [4.78, 5) is 11.9. The second-order valence-corrected chi connectivity index (χ2v) is 4.89. The van der Waals surface area contributed by atoms with E-state index in [2.05, 4.69) is 10.5 Å². The van der Waals surface area contributed by atoms with Crippen LogP contribution in [0.1, 0.15) is 44.9 Å².